The number of rotatable bonds is 35. The first kappa shape index (κ1) is 114. The maximum absolute atomic E-state index is 13.0. The molecule has 9 rings (SSSR count). The Hall–Kier alpha value is -8.65. The fourth-order valence-electron chi connectivity index (χ4n) is 14.6. The lowest BCUT2D eigenvalue weighted by atomic mass is 10.0. The van der Waals surface area contributed by atoms with Crippen LogP contribution in [0.25, 0.3) is 33.4 Å². The molecule has 25 heteroatoms. The van der Waals surface area contributed by atoms with Crippen molar-refractivity contribution in [1.29, 1.82) is 0 Å². The second-order valence-corrected chi connectivity index (χ2v) is 45.4. The number of hydrogen-bond donors (Lipinski definition) is 0. The number of benzene rings is 3. The van der Waals surface area contributed by atoms with Gasteiger partial charge in [-0.05, 0) is 140 Å². The fraction of sp³-hybridized carbons (Fsp3) is 0.551. The zero-order chi connectivity index (χ0) is 99.5. The lowest BCUT2D eigenvalue weighted by molar-refractivity contribution is -0.907. The number of halogens is 3. The Morgan fingerprint density at radius 3 is 0.712 bits per heavy atom. The molecule has 0 bridgehead atoms. The topological polar surface area (TPSA) is 184 Å². The molecule has 0 aromatic heterocycles. The van der Waals surface area contributed by atoms with Gasteiger partial charge in [0.1, 0.15) is 19.6 Å². The summed E-state index contributed by atoms with van der Waals surface area (Å²) in [4.78, 5) is 8.84. The lowest BCUT2D eigenvalue weighted by Crippen LogP contribution is -2.42. The van der Waals surface area contributed by atoms with Gasteiger partial charge in [0.15, 0.2) is 70.5 Å². The molecule has 3 heterocycles. The van der Waals surface area contributed by atoms with E-state index in [0.717, 1.165) is 211 Å². The molecule has 132 heavy (non-hydrogen) atoms. The zero-order valence-electron chi connectivity index (χ0n) is 86.9. The largest absolute Gasteiger partial charge is 0.623 e. The average molecular weight is 1880 g/mol. The summed E-state index contributed by atoms with van der Waals surface area (Å²) in [7, 11) is 30.6. The smallest absolute Gasteiger partial charge is 0.184 e. The minimum Gasteiger partial charge on any atom is -0.623 e. The molecule has 0 spiro atoms. The van der Waals surface area contributed by atoms with Crippen LogP contribution in [0, 0.1) is 31.2 Å². The third-order valence-corrected chi connectivity index (χ3v) is 23.7. The molecular weight excluding hydrogens is 1710 g/mol. The molecule has 0 amide bonds. The van der Waals surface area contributed by atoms with Crippen molar-refractivity contribution in [3.63, 3.8) is 0 Å². The van der Waals surface area contributed by atoms with Gasteiger partial charge in [-0.3, -0.25) is 0 Å². The molecule has 0 fully saturated rings. The Morgan fingerprint density at radius 2 is 0.470 bits per heavy atom. The van der Waals surface area contributed by atoms with Crippen LogP contribution >= 0.6 is 34.8 Å². The first-order chi connectivity index (χ1) is 61.1. The summed E-state index contributed by atoms with van der Waals surface area (Å²) >= 11 is 17.5. The predicted octanol–water partition coefficient (Wildman–Crippen LogP) is 20.4. The van der Waals surface area contributed by atoms with E-state index in [0.29, 0.717) is 17.6 Å². The van der Waals surface area contributed by atoms with Gasteiger partial charge in [0, 0.05) is 275 Å². The van der Waals surface area contributed by atoms with Crippen LogP contribution in [-0.4, -0.2) is 290 Å². The van der Waals surface area contributed by atoms with Crippen molar-refractivity contribution in [2.75, 3.05) is 144 Å². The van der Waals surface area contributed by atoms with Crippen LogP contribution in [-0.2, 0) is 56.9 Å². The van der Waals surface area contributed by atoms with Gasteiger partial charge in [-0.2, -0.15) is 0 Å². The number of aryl methyl sites for hydroxylation is 3. The summed E-state index contributed by atoms with van der Waals surface area (Å²) in [6.07, 6.45) is 27.9. The number of quaternary nitrogens is 3. The lowest BCUT2D eigenvalue weighted by Gasteiger charge is -2.33. The number of fused-ring (bicyclic) bond motifs is 3. The standard InChI is InChI=1S/C38H62N6O2.C31H44ClN4O2.C23H36N4O2.C8H8Cl2.C7H18N2/c1-37(2,3)41(45)26-31-19-20-35-34(27-42(46)38(4,5)6)25-40(28-36(31)35)22-16-24-44(11,12)30-33-18-14-13-17-32(33)29-43(9,10)23-15-21-39(7)8;1-30(2,3)34(37)20-25-14-15-28-27(21-35(38)31(4,5)6)19-33(22-29(25)28)16-11-17-36(7,8)23-26-13-10-9-12-24(26)18-32;1-22(2,3)26(28)15-18-10-11-20-19(16-27(29)23(4,5)6)14-25(17-21(18)20)13-9-12-24(7)8;9-5-7-3-1-2-4-8(7)6-10;1-8(2)6-5-7-9(3)4/h13-14,17-20,25-28H,15-16,21-24,29-30H2,1-12H3;9-10,12-15,19-22H,11,16-18,23H2,1-8H3;10-11,14-17H,9,12-13H2,1-8H3;1-4H,5-6H2;5-7H2,1-4H3/q+2;+1;;;/b41-26-,42-27-;34-20-,35-21-;26-15-,27-16-;;. The maximum Gasteiger partial charge on any atom is 0.184 e. The van der Waals surface area contributed by atoms with Gasteiger partial charge in [-0.15, -0.1) is 34.8 Å². The molecule has 6 aliphatic rings. The monoisotopic (exact) mass is 1880 g/mol. The van der Waals surface area contributed by atoms with Crippen LogP contribution in [0.4, 0.5) is 0 Å². The molecule has 22 nitrogen and oxygen atoms in total. The molecule has 0 saturated heterocycles. The number of nitrogens with zero attached hydrogens (tertiary/aromatic N) is 16. The number of aromatic nitrogens is 3. The number of pyridine rings is 3. The zero-order valence-corrected chi connectivity index (χ0v) is 89.2. The first-order valence-corrected chi connectivity index (χ1v) is 48.4. The summed E-state index contributed by atoms with van der Waals surface area (Å²) < 4.78 is 15.2. The van der Waals surface area contributed by atoms with Crippen LogP contribution in [0.15, 0.2) is 146 Å². The van der Waals surface area contributed by atoms with Crippen molar-refractivity contribution in [1.82, 2.24) is 33.3 Å². The Morgan fingerprint density at radius 1 is 0.265 bits per heavy atom. The van der Waals surface area contributed by atoms with E-state index in [4.69, 9.17) is 34.8 Å². The molecule has 3 aliphatic carbocycles. The summed E-state index contributed by atoms with van der Waals surface area (Å²) in [6, 6.07) is 37.1. The van der Waals surface area contributed by atoms with Crippen LogP contribution in [0.1, 0.15) is 223 Å². The Bertz CT molecular complexity index is 5100. The molecule has 0 saturated carbocycles. The van der Waals surface area contributed by atoms with Crippen molar-refractivity contribution in [3.8, 4) is 33.4 Å². The van der Waals surface area contributed by atoms with Crippen molar-refractivity contribution in [3.05, 3.63) is 244 Å². The van der Waals surface area contributed by atoms with E-state index in [2.05, 4.69) is 199 Å². The van der Waals surface area contributed by atoms with Crippen LogP contribution in [0.2, 0.25) is 0 Å². The van der Waals surface area contributed by atoms with Gasteiger partial charge in [0.2, 0.25) is 0 Å². The van der Waals surface area contributed by atoms with E-state index in [9.17, 15) is 31.2 Å². The predicted molar refractivity (Wildman–Crippen MR) is 562 cm³/mol. The summed E-state index contributed by atoms with van der Waals surface area (Å²) in [6.45, 7) is 47.2. The molecule has 3 aromatic rings. The third kappa shape index (κ3) is 38.6. The second kappa shape index (κ2) is 50.3. The molecule has 3 aromatic carbocycles. The molecule has 0 N–H and O–H groups in total. The SMILES string of the molecule is CC(C)(C)/[N+]([O-])=C/c1cn(CCC[N+](C)(C)Cc2ccccc2CCl)cc2c(/C=[N+](\[O-])C(C)(C)C)ccc1-2.CN(C)CCCN(C)C.CN(C)CCC[N+](C)(C)Cc1ccccc1C[N+](C)(C)CCCn1cc(/C=[N+](\[O-])C(C)(C)C)c2ccc(/C=[N+](\[O-])C(C)(C)C)c-2c1.CN(C)CCCn1cc(/C=[N+](\[O-])C(C)(C)C)c2ccc(/C=[N+](\[O-])C(C)(C)C)c-2c1.ClCc1ccccc1CCl. The molecule has 3 aliphatic heterocycles. The summed E-state index contributed by atoms with van der Waals surface area (Å²) in [5, 5.41) is 76.5. The van der Waals surface area contributed by atoms with Crippen molar-refractivity contribution in [2.45, 2.75) is 247 Å². The highest BCUT2D eigenvalue weighted by atomic mass is 35.5. The van der Waals surface area contributed by atoms with Gasteiger partial charge in [-0.25, -0.2) is 28.4 Å². The minimum atomic E-state index is -0.551. The van der Waals surface area contributed by atoms with E-state index >= 15 is 0 Å². The van der Waals surface area contributed by atoms with Crippen LogP contribution < -0.4 is 0 Å². The van der Waals surface area contributed by atoms with Gasteiger partial charge in [0.25, 0.3) is 0 Å². The number of alkyl halides is 3. The number of hydroxylamine groups is 6. The highest BCUT2D eigenvalue weighted by Crippen LogP contribution is 2.35. The van der Waals surface area contributed by atoms with Crippen molar-refractivity contribution >= 4 is 72.1 Å². The molecule has 730 valence electrons. The quantitative estimate of drug-likeness (QED) is 0.00925. The second-order valence-electron chi connectivity index (χ2n) is 44.6. The fourth-order valence-corrected chi connectivity index (χ4v) is 15.4. The normalized spacial score (nSPS) is 13.6. The Labute approximate surface area is 811 Å². The van der Waals surface area contributed by atoms with E-state index < -0.39 is 33.2 Å². The van der Waals surface area contributed by atoms with Crippen LogP contribution in [0.3, 0.4) is 0 Å². The van der Waals surface area contributed by atoms with Gasteiger partial charge < -0.3 is 78.0 Å². The molecule has 0 unspecified atom stereocenters. The Kier molecular flexibility index (Phi) is 43.3. The van der Waals surface area contributed by atoms with E-state index in [1.165, 1.54) is 48.2 Å². The van der Waals surface area contributed by atoms with Gasteiger partial charge in [-0.1, -0.05) is 91.0 Å². The number of hydrogen-bond acceptors (Lipinski definition) is 10. The molecule has 0 atom stereocenters. The first-order valence-electron chi connectivity index (χ1n) is 46.8. The van der Waals surface area contributed by atoms with Crippen molar-refractivity contribution < 1.29 is 41.9 Å². The van der Waals surface area contributed by atoms with Crippen molar-refractivity contribution in [2.24, 2.45) is 0 Å². The molecular formula is C107H168Cl3N16O6+3. The summed E-state index contributed by atoms with van der Waals surface area (Å²) in [5.41, 5.74) is 15.4. The van der Waals surface area contributed by atoms with E-state index in [-0.39, 0.29) is 0 Å². The Balaban J connectivity index is 0.000000322. The highest BCUT2D eigenvalue weighted by molar-refractivity contribution is 6.18. The molecule has 0 radical (unpaired) electrons. The third-order valence-electron chi connectivity index (χ3n) is 22.9. The maximum atomic E-state index is 13.0. The summed E-state index contributed by atoms with van der Waals surface area (Å²) in [5.74, 6) is 1.61. The van der Waals surface area contributed by atoms with E-state index in [1.807, 2.05) is 204 Å². The van der Waals surface area contributed by atoms with Gasteiger partial charge in [0.05, 0.1) is 78.6 Å². The van der Waals surface area contributed by atoms with Crippen LogP contribution in [0.5, 0.6) is 0 Å². The van der Waals surface area contributed by atoms with Gasteiger partial charge >= 0.3 is 0 Å². The minimum absolute atomic E-state index is 0.507. The average Bonchev–Trinajstić information content (AvgIpc) is 1.62. The van der Waals surface area contributed by atoms with E-state index in [1.54, 1.807) is 37.3 Å². The highest BCUT2D eigenvalue weighted by Gasteiger charge is 2.31.